The van der Waals surface area contributed by atoms with Gasteiger partial charge in [0.1, 0.15) is 6.29 Å². The van der Waals surface area contributed by atoms with Gasteiger partial charge in [-0.15, -0.1) is 0 Å². The maximum atomic E-state index is 10.6. The number of carboxylic acids is 1. The van der Waals surface area contributed by atoms with Gasteiger partial charge in [0.05, 0.1) is 6.04 Å². The van der Waals surface area contributed by atoms with Crippen LogP contribution in [0.3, 0.4) is 0 Å². The van der Waals surface area contributed by atoms with Crippen LogP contribution in [0.15, 0.2) is 12.1 Å². The summed E-state index contributed by atoms with van der Waals surface area (Å²) >= 11 is 0. The zero-order valence-corrected chi connectivity index (χ0v) is 8.33. The summed E-state index contributed by atoms with van der Waals surface area (Å²) in [4.78, 5) is 20.9. The molecule has 0 saturated heterocycles. The van der Waals surface area contributed by atoms with E-state index < -0.39 is 12.0 Å². The molecule has 0 spiro atoms. The predicted octanol–water partition coefficient (Wildman–Crippen LogP) is -0.125. The minimum atomic E-state index is -1.02. The Labute approximate surface area is 90.9 Å². The Morgan fingerprint density at radius 1 is 1.44 bits per heavy atom. The molecule has 0 aliphatic heterocycles. The number of hydrogen-bond acceptors (Lipinski definition) is 5. The van der Waals surface area contributed by atoms with Crippen molar-refractivity contribution in [2.75, 3.05) is 5.43 Å². The van der Waals surface area contributed by atoms with Crippen LogP contribution in [0.2, 0.25) is 0 Å². The first kappa shape index (κ1) is 11.9. The van der Waals surface area contributed by atoms with Gasteiger partial charge in [0.25, 0.3) is 0 Å². The summed E-state index contributed by atoms with van der Waals surface area (Å²) in [6.07, 6.45) is 0.400. The van der Waals surface area contributed by atoms with Crippen LogP contribution in [0.4, 0.5) is 0 Å². The van der Waals surface area contributed by atoms with E-state index in [9.17, 15) is 19.8 Å². The van der Waals surface area contributed by atoms with Gasteiger partial charge >= 0.3 is 5.97 Å². The molecule has 0 bridgehead atoms. The second-order valence-electron chi connectivity index (χ2n) is 3.19. The first-order chi connectivity index (χ1) is 7.54. The topological polar surface area (TPSA) is 112 Å². The van der Waals surface area contributed by atoms with Gasteiger partial charge in [-0.05, 0) is 6.42 Å². The lowest BCUT2D eigenvalue weighted by molar-refractivity contribution is -0.137. The number of nitrogens with one attached hydrogen (secondary N) is 1. The molecule has 0 aliphatic carbocycles. The summed E-state index contributed by atoms with van der Waals surface area (Å²) in [6.45, 7) is 0. The highest BCUT2D eigenvalue weighted by Crippen LogP contribution is 2.19. The number of carbonyl (C=O) groups excluding carboxylic acids is 1. The lowest BCUT2D eigenvalue weighted by atomic mass is 10.2. The predicted molar refractivity (Wildman–Crippen MR) is 53.8 cm³/mol. The molecule has 0 unspecified atom stereocenters. The highest BCUT2D eigenvalue weighted by Gasteiger charge is 2.13. The maximum Gasteiger partial charge on any atom is 0.303 e. The average Bonchev–Trinajstić information content (AvgIpc) is 2.54. The molecule has 0 aliphatic rings. The van der Waals surface area contributed by atoms with Gasteiger partial charge in [-0.1, -0.05) is 0 Å². The number of aromatic nitrogens is 1. The summed E-state index contributed by atoms with van der Waals surface area (Å²) < 4.78 is 0.904. The molecule has 1 rings (SSSR count). The number of aldehydes is 1. The molecule has 7 nitrogen and oxygen atoms in total. The minimum absolute atomic E-state index is 0.0654. The van der Waals surface area contributed by atoms with Crippen LogP contribution < -0.4 is 5.43 Å². The van der Waals surface area contributed by atoms with E-state index >= 15 is 0 Å². The van der Waals surface area contributed by atoms with Crippen LogP contribution in [0.5, 0.6) is 11.8 Å². The molecule has 0 saturated carbocycles. The first-order valence-corrected chi connectivity index (χ1v) is 4.58. The molecule has 1 aromatic rings. The van der Waals surface area contributed by atoms with Gasteiger partial charge in [0.15, 0.2) is 0 Å². The van der Waals surface area contributed by atoms with Gasteiger partial charge in [0, 0.05) is 18.6 Å². The minimum Gasteiger partial charge on any atom is -0.493 e. The van der Waals surface area contributed by atoms with Crippen molar-refractivity contribution in [2.45, 2.75) is 18.9 Å². The monoisotopic (exact) mass is 228 g/mol. The van der Waals surface area contributed by atoms with E-state index in [-0.39, 0.29) is 24.6 Å². The van der Waals surface area contributed by atoms with Crippen molar-refractivity contribution < 1.29 is 24.9 Å². The normalized spacial score (nSPS) is 12.0. The highest BCUT2D eigenvalue weighted by atomic mass is 16.4. The Hall–Kier alpha value is -2.18. The highest BCUT2D eigenvalue weighted by molar-refractivity contribution is 5.68. The second kappa shape index (κ2) is 5.06. The number of nitrogens with zero attached hydrogens (tertiary/aromatic N) is 1. The number of aliphatic carboxylic acids is 1. The van der Waals surface area contributed by atoms with Crippen molar-refractivity contribution in [1.82, 2.24) is 4.68 Å². The van der Waals surface area contributed by atoms with E-state index in [2.05, 4.69) is 5.43 Å². The third kappa shape index (κ3) is 2.91. The molecule has 4 N–H and O–H groups in total. The van der Waals surface area contributed by atoms with Gasteiger partial charge in [-0.25, -0.2) is 0 Å². The third-order valence-corrected chi connectivity index (χ3v) is 1.97. The lowest BCUT2D eigenvalue weighted by Gasteiger charge is -2.15. The molecule has 1 atom stereocenters. The lowest BCUT2D eigenvalue weighted by Crippen LogP contribution is -2.29. The molecule has 0 amide bonds. The maximum absolute atomic E-state index is 10.6. The number of carboxylic acid groups (broad SMARTS) is 1. The standard InChI is InChI=1S/C9H12N2O5/c12-5-6(1-4-9(15)16)10-11-7(13)2-3-8(11)14/h2-3,5-6,10,13-14H,1,4H2,(H,15,16)/t6-/m0/s1. The van der Waals surface area contributed by atoms with E-state index in [1.54, 1.807) is 0 Å². The van der Waals surface area contributed by atoms with Crippen molar-refractivity contribution in [3.8, 4) is 11.8 Å². The summed E-state index contributed by atoms with van der Waals surface area (Å²) in [5.74, 6) is -1.55. The van der Waals surface area contributed by atoms with Crippen molar-refractivity contribution in [3.63, 3.8) is 0 Å². The Bertz CT molecular complexity index is 368. The van der Waals surface area contributed by atoms with E-state index in [1.807, 2.05) is 0 Å². The molecule has 16 heavy (non-hydrogen) atoms. The van der Waals surface area contributed by atoms with Crippen LogP contribution >= 0.6 is 0 Å². The number of hydrogen-bond donors (Lipinski definition) is 4. The fourth-order valence-electron chi connectivity index (χ4n) is 1.16. The van der Waals surface area contributed by atoms with Crippen molar-refractivity contribution in [2.24, 2.45) is 0 Å². The molecule has 0 fully saturated rings. The van der Waals surface area contributed by atoms with Crippen LogP contribution in [0, 0.1) is 0 Å². The average molecular weight is 228 g/mol. The first-order valence-electron chi connectivity index (χ1n) is 4.58. The Morgan fingerprint density at radius 2 is 2.00 bits per heavy atom. The smallest absolute Gasteiger partial charge is 0.303 e. The van der Waals surface area contributed by atoms with Crippen LogP contribution in [0.25, 0.3) is 0 Å². The zero-order valence-electron chi connectivity index (χ0n) is 8.33. The number of rotatable bonds is 6. The Morgan fingerprint density at radius 3 is 2.44 bits per heavy atom. The van der Waals surface area contributed by atoms with Crippen LogP contribution in [0.1, 0.15) is 12.8 Å². The molecule has 0 radical (unpaired) electrons. The summed E-state index contributed by atoms with van der Waals surface area (Å²) in [7, 11) is 0. The fraction of sp³-hybridized carbons (Fsp3) is 0.333. The van der Waals surface area contributed by atoms with Gasteiger partial charge in [-0.3, -0.25) is 4.79 Å². The Kier molecular flexibility index (Phi) is 3.76. The van der Waals surface area contributed by atoms with E-state index in [0.717, 1.165) is 4.68 Å². The summed E-state index contributed by atoms with van der Waals surface area (Å²) in [5, 5.41) is 27.0. The molecule has 0 aromatic carbocycles. The summed E-state index contributed by atoms with van der Waals surface area (Å²) in [6, 6.07) is 1.68. The number of aromatic hydroxyl groups is 2. The molecule has 88 valence electrons. The van der Waals surface area contributed by atoms with Gasteiger partial charge < -0.3 is 25.5 Å². The van der Waals surface area contributed by atoms with Gasteiger partial charge in [-0.2, -0.15) is 4.68 Å². The second-order valence-corrected chi connectivity index (χ2v) is 3.19. The van der Waals surface area contributed by atoms with E-state index in [1.165, 1.54) is 12.1 Å². The van der Waals surface area contributed by atoms with Gasteiger partial charge in [0.2, 0.25) is 11.8 Å². The zero-order chi connectivity index (χ0) is 12.1. The van der Waals surface area contributed by atoms with Crippen molar-refractivity contribution in [1.29, 1.82) is 0 Å². The SMILES string of the molecule is O=C[C@H](CCC(=O)O)Nn1c(O)ccc1O. The molecule has 1 heterocycles. The van der Waals surface area contributed by atoms with E-state index in [0.29, 0.717) is 6.29 Å². The van der Waals surface area contributed by atoms with Crippen LogP contribution in [-0.4, -0.2) is 38.3 Å². The molecule has 1 aromatic heterocycles. The van der Waals surface area contributed by atoms with Crippen molar-refractivity contribution >= 4 is 12.3 Å². The molecular formula is C9H12N2O5. The molecule has 7 heteroatoms. The summed E-state index contributed by atoms with van der Waals surface area (Å²) in [5.41, 5.74) is 2.49. The largest absolute Gasteiger partial charge is 0.493 e. The van der Waals surface area contributed by atoms with E-state index in [4.69, 9.17) is 5.11 Å². The Balaban J connectivity index is 2.63. The molecular weight excluding hydrogens is 216 g/mol. The third-order valence-electron chi connectivity index (χ3n) is 1.97. The van der Waals surface area contributed by atoms with Crippen molar-refractivity contribution in [3.05, 3.63) is 12.1 Å². The number of carbonyl (C=O) groups is 2. The fourth-order valence-corrected chi connectivity index (χ4v) is 1.16. The quantitative estimate of drug-likeness (QED) is 0.505. The van der Waals surface area contributed by atoms with Crippen LogP contribution in [-0.2, 0) is 9.59 Å².